The maximum Gasteiger partial charge on any atom is 0.253 e. The van der Waals surface area contributed by atoms with Gasteiger partial charge in [0.25, 0.3) is 5.91 Å². The van der Waals surface area contributed by atoms with Crippen LogP contribution in [0.15, 0.2) is 48.5 Å². The van der Waals surface area contributed by atoms with Gasteiger partial charge in [-0.05, 0) is 63.1 Å². The predicted octanol–water partition coefficient (Wildman–Crippen LogP) is 4.30. The lowest BCUT2D eigenvalue weighted by molar-refractivity contribution is -0.128. The Bertz CT molecular complexity index is 1050. The van der Waals surface area contributed by atoms with Crippen LogP contribution in [0.4, 0.5) is 0 Å². The van der Waals surface area contributed by atoms with Crippen molar-refractivity contribution in [3.05, 3.63) is 64.7 Å². The van der Waals surface area contributed by atoms with E-state index in [0.29, 0.717) is 23.7 Å². The number of likely N-dealkylation sites (tertiary alicyclic amines) is 2. The van der Waals surface area contributed by atoms with Crippen LogP contribution in [0.5, 0.6) is 5.75 Å². The molecule has 5 rings (SSSR count). The fourth-order valence-electron chi connectivity index (χ4n) is 5.52. The standard InChI is InChI=1S/C27H32ClN3O3/c1-30-15-12-27(13-16-30)17-23(22-6-2-3-7-24(22)34-27)29-25(32)20-5-4-14-31(18-20)26(33)19-8-10-21(28)11-9-19/h2-3,6-11,20,23H,4-5,12-18H2,1H3,(H,29,32)/t20-,23+/m1/s1. The van der Waals surface area contributed by atoms with Crippen molar-refractivity contribution in [2.45, 2.75) is 43.7 Å². The summed E-state index contributed by atoms with van der Waals surface area (Å²) >= 11 is 5.97. The molecule has 1 spiro atoms. The van der Waals surface area contributed by atoms with Crippen LogP contribution in [0.25, 0.3) is 0 Å². The number of carbonyl (C=O) groups is 2. The zero-order valence-electron chi connectivity index (χ0n) is 19.6. The summed E-state index contributed by atoms with van der Waals surface area (Å²) < 4.78 is 6.53. The normalized spacial score (nSPS) is 24.2. The van der Waals surface area contributed by atoms with Gasteiger partial charge in [0.1, 0.15) is 11.4 Å². The van der Waals surface area contributed by atoms with Crippen molar-refractivity contribution >= 4 is 23.4 Å². The van der Waals surface area contributed by atoms with Crippen molar-refractivity contribution in [2.75, 3.05) is 33.2 Å². The van der Waals surface area contributed by atoms with Gasteiger partial charge < -0.3 is 19.9 Å². The van der Waals surface area contributed by atoms with Gasteiger partial charge >= 0.3 is 0 Å². The van der Waals surface area contributed by atoms with Crippen molar-refractivity contribution in [1.82, 2.24) is 15.1 Å². The fourth-order valence-corrected chi connectivity index (χ4v) is 5.65. The summed E-state index contributed by atoms with van der Waals surface area (Å²) in [6.07, 6.45) is 4.30. The third-order valence-electron chi connectivity index (χ3n) is 7.58. The van der Waals surface area contributed by atoms with Crippen LogP contribution < -0.4 is 10.1 Å². The second-order valence-electron chi connectivity index (χ2n) is 9.99. The summed E-state index contributed by atoms with van der Waals surface area (Å²) in [5, 5.41) is 3.95. The first-order valence-corrected chi connectivity index (χ1v) is 12.6. The smallest absolute Gasteiger partial charge is 0.253 e. The molecule has 34 heavy (non-hydrogen) atoms. The minimum atomic E-state index is -0.234. The Kier molecular flexibility index (Phi) is 6.54. The Morgan fingerprint density at radius 2 is 1.79 bits per heavy atom. The van der Waals surface area contributed by atoms with Gasteiger partial charge in [-0.25, -0.2) is 0 Å². The number of amides is 2. The minimum absolute atomic E-state index is 0.0263. The molecule has 0 aliphatic carbocycles. The quantitative estimate of drug-likeness (QED) is 0.710. The van der Waals surface area contributed by atoms with Crippen molar-refractivity contribution < 1.29 is 14.3 Å². The summed E-state index contributed by atoms with van der Waals surface area (Å²) in [4.78, 5) is 30.6. The lowest BCUT2D eigenvalue weighted by atomic mass is 9.80. The molecule has 2 atom stereocenters. The van der Waals surface area contributed by atoms with Crippen LogP contribution in [-0.2, 0) is 4.79 Å². The van der Waals surface area contributed by atoms with Crippen LogP contribution in [0.1, 0.15) is 54.1 Å². The van der Waals surface area contributed by atoms with E-state index in [0.717, 1.165) is 56.5 Å². The summed E-state index contributed by atoms with van der Waals surface area (Å²) in [7, 11) is 2.14. The van der Waals surface area contributed by atoms with Crippen molar-refractivity contribution in [1.29, 1.82) is 0 Å². The number of hydrogen-bond donors (Lipinski definition) is 1. The molecule has 0 aromatic heterocycles. The molecule has 0 radical (unpaired) electrons. The number of halogens is 1. The molecule has 180 valence electrons. The Morgan fingerprint density at radius 3 is 2.56 bits per heavy atom. The van der Waals surface area contributed by atoms with Crippen LogP contribution >= 0.6 is 11.6 Å². The zero-order chi connectivity index (χ0) is 23.7. The first-order valence-electron chi connectivity index (χ1n) is 12.2. The number of nitrogens with zero attached hydrogens (tertiary/aromatic N) is 2. The van der Waals surface area contributed by atoms with Gasteiger partial charge in [-0.2, -0.15) is 0 Å². The average molecular weight is 482 g/mol. The highest BCUT2D eigenvalue weighted by molar-refractivity contribution is 6.30. The van der Waals surface area contributed by atoms with Crippen LogP contribution in [-0.4, -0.2) is 60.4 Å². The second kappa shape index (κ2) is 9.59. The monoisotopic (exact) mass is 481 g/mol. The Balaban J connectivity index is 1.29. The number of ether oxygens (including phenoxy) is 1. The molecule has 3 heterocycles. The number of fused-ring (bicyclic) bond motifs is 1. The van der Waals surface area contributed by atoms with Gasteiger partial charge in [0, 0.05) is 48.7 Å². The number of benzene rings is 2. The van der Waals surface area contributed by atoms with Gasteiger partial charge in [-0.3, -0.25) is 9.59 Å². The van der Waals surface area contributed by atoms with Gasteiger partial charge in [0.15, 0.2) is 0 Å². The first kappa shape index (κ1) is 23.2. The molecule has 0 bridgehead atoms. The number of para-hydroxylation sites is 1. The average Bonchev–Trinajstić information content (AvgIpc) is 2.86. The van der Waals surface area contributed by atoms with E-state index in [-0.39, 0.29) is 29.4 Å². The van der Waals surface area contributed by atoms with E-state index in [1.54, 1.807) is 29.2 Å². The molecule has 0 saturated carbocycles. The molecule has 2 aromatic carbocycles. The van der Waals surface area contributed by atoms with Gasteiger partial charge in [0.05, 0.1) is 12.0 Å². The molecule has 2 saturated heterocycles. The van der Waals surface area contributed by atoms with E-state index in [1.165, 1.54) is 0 Å². The third-order valence-corrected chi connectivity index (χ3v) is 7.83. The zero-order valence-corrected chi connectivity index (χ0v) is 20.4. The summed E-state index contributed by atoms with van der Waals surface area (Å²) in [6.45, 7) is 3.09. The largest absolute Gasteiger partial charge is 0.487 e. The molecule has 3 aliphatic rings. The maximum absolute atomic E-state index is 13.4. The number of carbonyl (C=O) groups excluding carboxylic acids is 2. The van der Waals surface area contributed by atoms with Gasteiger partial charge in [0.2, 0.25) is 5.91 Å². The highest BCUT2D eigenvalue weighted by atomic mass is 35.5. The van der Waals surface area contributed by atoms with Crippen molar-refractivity contribution in [2.24, 2.45) is 5.92 Å². The van der Waals surface area contributed by atoms with E-state index in [9.17, 15) is 9.59 Å². The van der Waals surface area contributed by atoms with Crippen molar-refractivity contribution in [3.63, 3.8) is 0 Å². The highest BCUT2D eigenvalue weighted by Gasteiger charge is 2.43. The van der Waals surface area contributed by atoms with Gasteiger partial charge in [-0.15, -0.1) is 0 Å². The van der Waals surface area contributed by atoms with Crippen LogP contribution in [0.2, 0.25) is 5.02 Å². The fraction of sp³-hybridized carbons (Fsp3) is 0.481. The molecular formula is C27H32ClN3O3. The lowest BCUT2D eigenvalue weighted by Gasteiger charge is -2.46. The first-order chi connectivity index (χ1) is 16.4. The van der Waals surface area contributed by atoms with Crippen LogP contribution in [0, 0.1) is 5.92 Å². The summed E-state index contributed by atoms with van der Waals surface area (Å²) in [5.41, 5.74) is 1.42. The second-order valence-corrected chi connectivity index (χ2v) is 10.4. The van der Waals surface area contributed by atoms with E-state index in [2.05, 4.69) is 23.3 Å². The number of rotatable bonds is 3. The van der Waals surface area contributed by atoms with Crippen LogP contribution in [0.3, 0.4) is 0 Å². The summed E-state index contributed by atoms with van der Waals surface area (Å²) in [5.74, 6) is 0.648. The Hall–Kier alpha value is -2.57. The molecule has 0 unspecified atom stereocenters. The molecule has 6 nitrogen and oxygen atoms in total. The molecule has 3 aliphatic heterocycles. The number of hydrogen-bond acceptors (Lipinski definition) is 4. The number of piperidine rings is 2. The Morgan fingerprint density at radius 1 is 1.06 bits per heavy atom. The van der Waals surface area contributed by atoms with E-state index >= 15 is 0 Å². The van der Waals surface area contributed by atoms with E-state index in [4.69, 9.17) is 16.3 Å². The van der Waals surface area contributed by atoms with E-state index in [1.807, 2.05) is 18.2 Å². The molecule has 2 fully saturated rings. The molecule has 2 amide bonds. The molecule has 1 N–H and O–H groups in total. The Labute approximate surface area is 206 Å². The van der Waals surface area contributed by atoms with Crippen molar-refractivity contribution in [3.8, 4) is 5.75 Å². The molecule has 7 heteroatoms. The number of nitrogens with one attached hydrogen (secondary N) is 1. The molecular weight excluding hydrogens is 450 g/mol. The van der Waals surface area contributed by atoms with Gasteiger partial charge in [-0.1, -0.05) is 29.8 Å². The lowest BCUT2D eigenvalue weighted by Crippen LogP contribution is -2.52. The maximum atomic E-state index is 13.4. The summed E-state index contributed by atoms with van der Waals surface area (Å²) in [6, 6.07) is 14.9. The third kappa shape index (κ3) is 4.80. The van der Waals surface area contributed by atoms with E-state index < -0.39 is 0 Å². The topological polar surface area (TPSA) is 61.9 Å². The minimum Gasteiger partial charge on any atom is -0.487 e. The SMILES string of the molecule is CN1CCC2(CC1)C[C@H](NC(=O)[C@@H]1CCCN(C(=O)c3ccc(Cl)cc3)C1)c1ccccc1O2. The highest BCUT2D eigenvalue weighted by Crippen LogP contribution is 2.44. The molecule has 2 aromatic rings. The predicted molar refractivity (Wildman–Crippen MR) is 132 cm³/mol.